The van der Waals surface area contributed by atoms with Gasteiger partial charge >= 0.3 is 5.97 Å². The van der Waals surface area contributed by atoms with E-state index >= 15 is 0 Å². The van der Waals surface area contributed by atoms with Crippen molar-refractivity contribution in [3.8, 4) is 0 Å². The number of hydrogen-bond acceptors (Lipinski definition) is 3. The zero-order valence-corrected chi connectivity index (χ0v) is 13.0. The molecule has 0 radical (unpaired) electrons. The summed E-state index contributed by atoms with van der Waals surface area (Å²) in [5, 5.41) is 9.11. The summed E-state index contributed by atoms with van der Waals surface area (Å²) in [4.78, 5) is 11.0. The number of hydrogen-bond donors (Lipinski definition) is 2. The molecule has 1 aromatic rings. The van der Waals surface area contributed by atoms with E-state index in [2.05, 4.69) is 4.72 Å². The van der Waals surface area contributed by atoms with Gasteiger partial charge in [-0.05, 0) is 38.5 Å². The van der Waals surface area contributed by atoms with Crippen molar-refractivity contribution < 1.29 is 18.3 Å². The van der Waals surface area contributed by atoms with E-state index in [0.29, 0.717) is 0 Å². The van der Waals surface area contributed by atoms with E-state index in [1.54, 1.807) is 6.08 Å². The van der Waals surface area contributed by atoms with Crippen molar-refractivity contribution in [3.05, 3.63) is 39.9 Å². The first-order chi connectivity index (χ1) is 9.15. The van der Waals surface area contributed by atoms with Gasteiger partial charge in [0.15, 0.2) is 0 Å². The predicted molar refractivity (Wildman–Crippen MR) is 77.8 cm³/mol. The summed E-state index contributed by atoms with van der Waals surface area (Å²) in [6.07, 6.45) is 1.72. The molecule has 0 amide bonds. The van der Waals surface area contributed by atoms with Gasteiger partial charge in [0, 0.05) is 11.6 Å². The normalized spacial score (nSPS) is 11.2. The van der Waals surface area contributed by atoms with Gasteiger partial charge in [-0.3, -0.25) is 0 Å². The third-order valence-corrected chi connectivity index (χ3v) is 4.40. The topological polar surface area (TPSA) is 83.5 Å². The minimum atomic E-state index is -3.81. The van der Waals surface area contributed by atoms with Gasteiger partial charge in [-0.15, -0.1) is 0 Å². The first-order valence-electron chi connectivity index (χ1n) is 5.81. The number of carboxylic acids is 1. The van der Waals surface area contributed by atoms with Gasteiger partial charge in [0.1, 0.15) is 0 Å². The van der Waals surface area contributed by atoms with Gasteiger partial charge in [0.25, 0.3) is 0 Å². The maximum atomic E-state index is 12.2. The van der Waals surface area contributed by atoms with Crippen LogP contribution in [-0.2, 0) is 10.0 Å². The minimum absolute atomic E-state index is 0.0654. The van der Waals surface area contributed by atoms with Crippen LogP contribution in [0, 0.1) is 6.92 Å². The molecule has 0 heterocycles. The second kappa shape index (κ2) is 6.39. The number of sulfonamides is 1. The van der Waals surface area contributed by atoms with Crippen molar-refractivity contribution in [1.29, 1.82) is 0 Å². The minimum Gasteiger partial charge on any atom is -0.478 e. The average Bonchev–Trinajstić information content (AvgIpc) is 2.30. The molecule has 0 fully saturated rings. The van der Waals surface area contributed by atoms with E-state index in [1.165, 1.54) is 19.1 Å². The fourth-order valence-electron chi connectivity index (χ4n) is 1.59. The molecule has 2 N–H and O–H groups in total. The molecule has 0 saturated carbocycles. The van der Waals surface area contributed by atoms with Crippen LogP contribution in [0.2, 0.25) is 5.02 Å². The smallest absolute Gasteiger partial charge is 0.336 e. The number of halogens is 1. The highest BCUT2D eigenvalue weighted by molar-refractivity contribution is 7.89. The van der Waals surface area contributed by atoms with E-state index in [0.717, 1.165) is 5.57 Å². The van der Waals surface area contributed by atoms with Gasteiger partial charge < -0.3 is 5.11 Å². The molecular formula is C13H16ClNO4S. The van der Waals surface area contributed by atoms with Crippen LogP contribution in [0.4, 0.5) is 0 Å². The van der Waals surface area contributed by atoms with Gasteiger partial charge in [-0.1, -0.05) is 23.3 Å². The number of aromatic carboxylic acids is 1. The van der Waals surface area contributed by atoms with Crippen molar-refractivity contribution in [3.63, 3.8) is 0 Å². The molecule has 7 heteroatoms. The molecule has 1 rings (SSSR count). The third-order valence-electron chi connectivity index (χ3n) is 2.63. The molecule has 0 atom stereocenters. The SMILES string of the molecule is CC(C)=CCNS(=O)(=O)c1cc(Cl)cc(C(=O)O)c1C. The van der Waals surface area contributed by atoms with E-state index in [4.69, 9.17) is 16.7 Å². The molecular weight excluding hydrogens is 302 g/mol. The van der Waals surface area contributed by atoms with Gasteiger partial charge in [-0.25, -0.2) is 17.9 Å². The van der Waals surface area contributed by atoms with Crippen LogP contribution in [0.1, 0.15) is 29.8 Å². The third kappa shape index (κ3) is 4.06. The number of allylic oxidation sites excluding steroid dienone is 1. The van der Waals surface area contributed by atoms with Crippen molar-refractivity contribution in [2.75, 3.05) is 6.54 Å². The number of carboxylic acid groups (broad SMARTS) is 1. The summed E-state index contributed by atoms with van der Waals surface area (Å²) in [7, 11) is -3.81. The second-order valence-electron chi connectivity index (χ2n) is 4.52. The lowest BCUT2D eigenvalue weighted by Gasteiger charge is -2.11. The Morgan fingerprint density at radius 3 is 2.50 bits per heavy atom. The van der Waals surface area contributed by atoms with Gasteiger partial charge in [0.05, 0.1) is 10.5 Å². The molecule has 0 bridgehead atoms. The Balaban J connectivity index is 3.25. The summed E-state index contributed by atoms with van der Waals surface area (Å²) in [6, 6.07) is 2.47. The standard InChI is InChI=1S/C13H16ClNO4S/c1-8(2)4-5-15-20(18,19)12-7-10(14)6-11(9(12)3)13(16)17/h4,6-7,15H,5H2,1-3H3,(H,16,17). The molecule has 110 valence electrons. The van der Waals surface area contributed by atoms with Crippen LogP contribution >= 0.6 is 11.6 Å². The van der Waals surface area contributed by atoms with Crippen molar-refractivity contribution >= 4 is 27.6 Å². The number of nitrogens with one attached hydrogen (secondary N) is 1. The van der Waals surface area contributed by atoms with Crippen molar-refractivity contribution in [1.82, 2.24) is 4.72 Å². The molecule has 0 aliphatic carbocycles. The largest absolute Gasteiger partial charge is 0.478 e. The summed E-state index contributed by atoms with van der Waals surface area (Å²) in [5.74, 6) is -1.22. The first kappa shape index (κ1) is 16.7. The zero-order chi connectivity index (χ0) is 15.5. The first-order valence-corrected chi connectivity index (χ1v) is 7.67. The molecule has 0 spiro atoms. The lowest BCUT2D eigenvalue weighted by Crippen LogP contribution is -2.25. The predicted octanol–water partition coefficient (Wildman–Crippen LogP) is 2.59. The van der Waals surface area contributed by atoms with E-state index in [-0.39, 0.29) is 27.6 Å². The van der Waals surface area contributed by atoms with Crippen molar-refractivity contribution in [2.24, 2.45) is 0 Å². The van der Waals surface area contributed by atoms with Gasteiger partial charge in [-0.2, -0.15) is 0 Å². The van der Waals surface area contributed by atoms with Crippen LogP contribution in [0.15, 0.2) is 28.7 Å². The molecule has 1 aromatic carbocycles. The van der Waals surface area contributed by atoms with Crippen LogP contribution < -0.4 is 4.72 Å². The summed E-state index contributed by atoms with van der Waals surface area (Å²) < 4.78 is 26.7. The van der Waals surface area contributed by atoms with Crippen LogP contribution in [0.5, 0.6) is 0 Å². The van der Waals surface area contributed by atoms with E-state index in [1.807, 2.05) is 13.8 Å². The molecule has 0 saturated heterocycles. The maximum absolute atomic E-state index is 12.2. The van der Waals surface area contributed by atoms with Gasteiger partial charge in [0.2, 0.25) is 10.0 Å². The van der Waals surface area contributed by atoms with E-state index in [9.17, 15) is 13.2 Å². The zero-order valence-electron chi connectivity index (χ0n) is 11.4. The Morgan fingerprint density at radius 2 is 2.00 bits per heavy atom. The summed E-state index contributed by atoms with van der Waals surface area (Å²) >= 11 is 5.79. The summed E-state index contributed by atoms with van der Waals surface area (Å²) in [6.45, 7) is 5.28. The lowest BCUT2D eigenvalue weighted by atomic mass is 10.1. The molecule has 20 heavy (non-hydrogen) atoms. The monoisotopic (exact) mass is 317 g/mol. The Labute approximate surface area is 123 Å². The Bertz CT molecular complexity index is 661. The second-order valence-corrected chi connectivity index (χ2v) is 6.69. The average molecular weight is 318 g/mol. The number of carbonyl (C=O) groups is 1. The highest BCUT2D eigenvalue weighted by Gasteiger charge is 2.21. The fraction of sp³-hybridized carbons (Fsp3) is 0.308. The highest BCUT2D eigenvalue weighted by Crippen LogP contribution is 2.24. The molecule has 0 unspecified atom stereocenters. The lowest BCUT2D eigenvalue weighted by molar-refractivity contribution is 0.0696. The Morgan fingerprint density at radius 1 is 1.40 bits per heavy atom. The fourth-order valence-corrected chi connectivity index (χ4v) is 3.12. The highest BCUT2D eigenvalue weighted by atomic mass is 35.5. The van der Waals surface area contributed by atoms with E-state index < -0.39 is 16.0 Å². The Kier molecular flexibility index (Phi) is 5.33. The maximum Gasteiger partial charge on any atom is 0.336 e. The number of benzene rings is 1. The van der Waals surface area contributed by atoms with Crippen LogP contribution in [0.25, 0.3) is 0 Å². The Hall–Kier alpha value is -1.37. The quantitative estimate of drug-likeness (QED) is 0.818. The molecule has 0 aliphatic heterocycles. The molecule has 0 aliphatic rings. The van der Waals surface area contributed by atoms with Crippen LogP contribution in [0.3, 0.4) is 0 Å². The number of rotatable bonds is 5. The van der Waals surface area contributed by atoms with Crippen molar-refractivity contribution in [2.45, 2.75) is 25.7 Å². The summed E-state index contributed by atoms with van der Waals surface area (Å²) in [5.41, 5.74) is 1.01. The molecule has 5 nitrogen and oxygen atoms in total. The molecule has 0 aromatic heterocycles. The van der Waals surface area contributed by atoms with Crippen LogP contribution in [-0.4, -0.2) is 26.0 Å².